The highest BCUT2D eigenvalue weighted by atomic mass is 28.4. The third-order valence-corrected chi connectivity index (χ3v) is 8.17. The first-order valence-electron chi connectivity index (χ1n) is 6.74. The summed E-state index contributed by atoms with van der Waals surface area (Å²) in [7, 11) is -1.75. The lowest BCUT2D eigenvalue weighted by Gasteiger charge is -2.36. The van der Waals surface area contributed by atoms with Gasteiger partial charge in [-0.1, -0.05) is 26.8 Å². The molecule has 0 N–H and O–H groups in total. The minimum atomic E-state index is -1.75. The van der Waals surface area contributed by atoms with Crippen LogP contribution in [0.1, 0.15) is 33.6 Å². The van der Waals surface area contributed by atoms with Crippen LogP contribution in [0.3, 0.4) is 0 Å². The molecular formula is C15H24O2Si. The molecule has 0 saturated heterocycles. The van der Waals surface area contributed by atoms with E-state index < -0.39 is 8.32 Å². The van der Waals surface area contributed by atoms with Crippen LogP contribution in [0.4, 0.5) is 0 Å². The molecule has 0 aromatic heterocycles. The third-order valence-electron chi connectivity index (χ3n) is 3.81. The van der Waals surface area contributed by atoms with Crippen LogP contribution in [0.2, 0.25) is 18.1 Å². The normalized spacial score (nSPS) is 16.5. The van der Waals surface area contributed by atoms with Crippen molar-refractivity contribution < 1.29 is 9.16 Å². The summed E-state index contributed by atoms with van der Waals surface area (Å²) in [6.45, 7) is 11.3. The number of benzene rings is 1. The predicted octanol–water partition coefficient (Wildman–Crippen LogP) is 4.61. The quantitative estimate of drug-likeness (QED) is 0.739. The van der Waals surface area contributed by atoms with Crippen molar-refractivity contribution in [2.75, 3.05) is 0 Å². The maximum Gasteiger partial charge on any atom is 0.250 e. The Morgan fingerprint density at radius 3 is 2.28 bits per heavy atom. The molecule has 2 nitrogen and oxygen atoms in total. The Balaban J connectivity index is 2.08. The van der Waals surface area contributed by atoms with Gasteiger partial charge >= 0.3 is 0 Å². The Bertz CT molecular complexity index is 417. The van der Waals surface area contributed by atoms with E-state index in [0.29, 0.717) is 6.10 Å². The van der Waals surface area contributed by atoms with Crippen LogP contribution < -0.4 is 9.16 Å². The maximum atomic E-state index is 6.27. The van der Waals surface area contributed by atoms with E-state index >= 15 is 0 Å². The van der Waals surface area contributed by atoms with E-state index in [4.69, 9.17) is 9.16 Å². The fourth-order valence-electron chi connectivity index (χ4n) is 1.44. The first-order chi connectivity index (χ1) is 8.28. The summed E-state index contributed by atoms with van der Waals surface area (Å²) in [5, 5.41) is 0.223. The largest absolute Gasteiger partial charge is 0.543 e. The average Bonchev–Trinajstić information content (AvgIpc) is 2.99. The van der Waals surface area contributed by atoms with E-state index in [1.165, 1.54) is 12.8 Å². The monoisotopic (exact) mass is 264 g/mol. The van der Waals surface area contributed by atoms with Gasteiger partial charge in [0, 0.05) is 6.07 Å². The van der Waals surface area contributed by atoms with Crippen molar-refractivity contribution in [3.05, 3.63) is 24.3 Å². The van der Waals surface area contributed by atoms with E-state index in [0.717, 1.165) is 11.5 Å². The molecule has 0 atom stereocenters. The Hall–Kier alpha value is -0.963. The van der Waals surface area contributed by atoms with Crippen LogP contribution in [0.25, 0.3) is 0 Å². The van der Waals surface area contributed by atoms with Crippen LogP contribution in [0.5, 0.6) is 11.5 Å². The van der Waals surface area contributed by atoms with Crippen molar-refractivity contribution in [2.45, 2.75) is 57.8 Å². The Labute approximate surface area is 111 Å². The molecule has 3 heteroatoms. The van der Waals surface area contributed by atoms with Crippen molar-refractivity contribution >= 4 is 8.32 Å². The van der Waals surface area contributed by atoms with E-state index in [-0.39, 0.29) is 5.04 Å². The van der Waals surface area contributed by atoms with Gasteiger partial charge in [-0.15, -0.1) is 0 Å². The number of hydrogen-bond acceptors (Lipinski definition) is 2. The van der Waals surface area contributed by atoms with Gasteiger partial charge in [0.2, 0.25) is 8.32 Å². The van der Waals surface area contributed by atoms with Crippen molar-refractivity contribution in [3.63, 3.8) is 0 Å². The van der Waals surface area contributed by atoms with E-state index in [1.54, 1.807) is 0 Å². The van der Waals surface area contributed by atoms with Crippen LogP contribution in [-0.2, 0) is 0 Å². The predicted molar refractivity (Wildman–Crippen MR) is 77.9 cm³/mol. The molecular weight excluding hydrogens is 240 g/mol. The molecule has 0 spiro atoms. The van der Waals surface area contributed by atoms with Gasteiger partial charge in [0.15, 0.2) is 0 Å². The molecule has 2 rings (SSSR count). The molecule has 0 aliphatic heterocycles. The molecule has 0 amide bonds. The molecule has 1 aromatic rings. The molecule has 1 fully saturated rings. The highest BCUT2D eigenvalue weighted by Crippen LogP contribution is 2.38. The summed E-state index contributed by atoms with van der Waals surface area (Å²) in [6, 6.07) is 8.08. The Kier molecular flexibility index (Phi) is 3.45. The summed E-state index contributed by atoms with van der Waals surface area (Å²) >= 11 is 0. The van der Waals surface area contributed by atoms with Gasteiger partial charge in [-0.05, 0) is 43.1 Å². The van der Waals surface area contributed by atoms with Crippen LogP contribution >= 0.6 is 0 Å². The maximum absolute atomic E-state index is 6.27. The molecule has 18 heavy (non-hydrogen) atoms. The molecule has 1 saturated carbocycles. The minimum Gasteiger partial charge on any atom is -0.543 e. The lowest BCUT2D eigenvalue weighted by molar-refractivity contribution is 0.302. The number of ether oxygens (including phenoxy) is 1. The summed E-state index contributed by atoms with van der Waals surface area (Å²) in [4.78, 5) is 0. The zero-order valence-corrected chi connectivity index (χ0v) is 13.1. The van der Waals surface area contributed by atoms with Crippen LogP contribution in [0.15, 0.2) is 24.3 Å². The molecule has 0 bridgehead atoms. The second-order valence-corrected chi connectivity index (χ2v) is 11.4. The highest BCUT2D eigenvalue weighted by Gasteiger charge is 2.39. The molecule has 0 heterocycles. The van der Waals surface area contributed by atoms with Crippen LogP contribution in [-0.4, -0.2) is 14.4 Å². The van der Waals surface area contributed by atoms with Gasteiger partial charge in [-0.2, -0.15) is 0 Å². The van der Waals surface area contributed by atoms with Gasteiger partial charge in [0.05, 0.1) is 6.10 Å². The summed E-state index contributed by atoms with van der Waals surface area (Å²) in [5.74, 6) is 1.88. The second kappa shape index (κ2) is 4.61. The lowest BCUT2D eigenvalue weighted by Crippen LogP contribution is -2.43. The Morgan fingerprint density at radius 1 is 1.11 bits per heavy atom. The molecule has 0 radical (unpaired) electrons. The highest BCUT2D eigenvalue weighted by molar-refractivity contribution is 6.74. The minimum absolute atomic E-state index is 0.223. The molecule has 100 valence electrons. The van der Waals surface area contributed by atoms with Crippen molar-refractivity contribution in [2.24, 2.45) is 0 Å². The van der Waals surface area contributed by atoms with E-state index in [9.17, 15) is 0 Å². The van der Waals surface area contributed by atoms with Gasteiger partial charge in [0.1, 0.15) is 11.5 Å². The van der Waals surface area contributed by atoms with Crippen molar-refractivity contribution in [3.8, 4) is 11.5 Å². The van der Waals surface area contributed by atoms with E-state index in [1.807, 2.05) is 24.3 Å². The van der Waals surface area contributed by atoms with Crippen molar-refractivity contribution in [1.82, 2.24) is 0 Å². The average molecular weight is 264 g/mol. The second-order valence-electron chi connectivity index (χ2n) is 6.65. The number of rotatable bonds is 4. The van der Waals surface area contributed by atoms with Gasteiger partial charge in [-0.25, -0.2) is 0 Å². The van der Waals surface area contributed by atoms with Crippen LogP contribution in [0, 0.1) is 0 Å². The SMILES string of the molecule is CC(C)(C)[Si](C)(C)Oc1cccc(OC2CC2)c1. The lowest BCUT2D eigenvalue weighted by atomic mass is 10.2. The molecule has 1 aliphatic rings. The van der Waals surface area contributed by atoms with Gasteiger partial charge in [-0.3, -0.25) is 0 Å². The first-order valence-corrected chi connectivity index (χ1v) is 9.64. The first kappa shape index (κ1) is 13.5. The fraction of sp³-hybridized carbons (Fsp3) is 0.600. The zero-order chi connectivity index (χ0) is 13.4. The standard InChI is InChI=1S/C15H24O2Si/c1-15(2,3)18(4,5)17-14-8-6-7-13(11-14)16-12-9-10-12/h6-8,11-12H,9-10H2,1-5H3. The summed E-state index contributed by atoms with van der Waals surface area (Å²) in [6.07, 6.45) is 2.81. The van der Waals surface area contributed by atoms with Gasteiger partial charge < -0.3 is 9.16 Å². The Morgan fingerprint density at radius 2 is 1.72 bits per heavy atom. The van der Waals surface area contributed by atoms with E-state index in [2.05, 4.69) is 33.9 Å². The molecule has 0 unspecified atom stereocenters. The molecule has 1 aliphatic carbocycles. The van der Waals surface area contributed by atoms with Crippen molar-refractivity contribution in [1.29, 1.82) is 0 Å². The topological polar surface area (TPSA) is 18.5 Å². The smallest absolute Gasteiger partial charge is 0.250 e. The third kappa shape index (κ3) is 3.28. The summed E-state index contributed by atoms with van der Waals surface area (Å²) < 4.78 is 12.1. The van der Waals surface area contributed by atoms with Gasteiger partial charge in [0.25, 0.3) is 0 Å². The summed E-state index contributed by atoms with van der Waals surface area (Å²) in [5.41, 5.74) is 0. The fourth-order valence-corrected chi connectivity index (χ4v) is 2.46. The molecule has 1 aromatic carbocycles. The number of hydrogen-bond donors (Lipinski definition) is 0. The zero-order valence-electron chi connectivity index (χ0n) is 12.1.